The monoisotopic (exact) mass is 237 g/mol. The van der Waals surface area contributed by atoms with E-state index in [9.17, 15) is 0 Å². The molecule has 0 bridgehead atoms. The van der Waals surface area contributed by atoms with E-state index in [2.05, 4.69) is 49.6 Å². The first-order chi connectivity index (χ1) is 7.88. The molecule has 0 spiro atoms. The van der Waals surface area contributed by atoms with Gasteiger partial charge in [-0.05, 0) is 24.2 Å². The van der Waals surface area contributed by atoms with Crippen LogP contribution < -0.4 is 0 Å². The Kier molecular flexibility index (Phi) is 5.16. The van der Waals surface area contributed by atoms with Gasteiger partial charge in [0, 0.05) is 6.54 Å². The van der Waals surface area contributed by atoms with Gasteiger partial charge in [0.1, 0.15) is 0 Å². The number of hydrogen-bond donors (Lipinski definition) is 0. The molecule has 0 aliphatic carbocycles. The molecule has 0 atom stereocenters. The lowest BCUT2D eigenvalue weighted by Gasteiger charge is -2.18. The molecule has 0 saturated heterocycles. The van der Waals surface area contributed by atoms with E-state index in [1.165, 1.54) is 25.0 Å². The Labute approximate surface area is 106 Å². The van der Waals surface area contributed by atoms with Crippen LogP contribution in [0.1, 0.15) is 59.6 Å². The molecule has 3 heteroatoms. The highest BCUT2D eigenvalue weighted by Gasteiger charge is 2.15. The first-order valence-corrected chi connectivity index (χ1v) is 6.76. The van der Waals surface area contributed by atoms with Gasteiger partial charge < -0.3 is 0 Å². The molecular formula is C14H27N3. The smallest absolute Gasteiger partial charge is 0.0725 e. The van der Waals surface area contributed by atoms with Crippen LogP contribution in [0.15, 0.2) is 6.20 Å². The average molecular weight is 237 g/mol. The number of nitrogens with zero attached hydrogens (tertiary/aromatic N) is 3. The Morgan fingerprint density at radius 1 is 1.24 bits per heavy atom. The van der Waals surface area contributed by atoms with Gasteiger partial charge in [0.15, 0.2) is 0 Å². The molecule has 1 aromatic rings. The van der Waals surface area contributed by atoms with Crippen molar-refractivity contribution in [2.45, 2.75) is 66.8 Å². The van der Waals surface area contributed by atoms with Gasteiger partial charge >= 0.3 is 0 Å². The summed E-state index contributed by atoms with van der Waals surface area (Å²) in [5.41, 5.74) is 1.57. The number of hydrogen-bond acceptors (Lipinski definition) is 2. The summed E-state index contributed by atoms with van der Waals surface area (Å²) in [7, 11) is 0. The van der Waals surface area contributed by atoms with Crippen molar-refractivity contribution in [3.8, 4) is 0 Å². The molecule has 0 aliphatic rings. The standard InChI is InChI=1S/C14H27N3/c1-12(2)8-6-7-9-17-13(11-15-16-17)10-14(3,4)5/h11-12H,6-10H2,1-5H3. The Balaban J connectivity index is 2.41. The topological polar surface area (TPSA) is 30.7 Å². The van der Waals surface area contributed by atoms with Gasteiger partial charge in [0.05, 0.1) is 11.9 Å². The van der Waals surface area contributed by atoms with Gasteiger partial charge in [-0.15, -0.1) is 5.10 Å². The van der Waals surface area contributed by atoms with Crippen LogP contribution in [0.2, 0.25) is 0 Å². The predicted octanol–water partition coefficient (Wildman–Crippen LogP) is 3.69. The molecule has 0 saturated carbocycles. The van der Waals surface area contributed by atoms with Crippen molar-refractivity contribution < 1.29 is 0 Å². The molecule has 1 aromatic heterocycles. The third-order valence-corrected chi connectivity index (χ3v) is 2.81. The largest absolute Gasteiger partial charge is 0.249 e. The molecule has 0 aliphatic heterocycles. The number of aromatic nitrogens is 3. The van der Waals surface area contributed by atoms with E-state index in [1.807, 2.05) is 6.20 Å². The zero-order valence-electron chi connectivity index (χ0n) is 12.0. The zero-order chi connectivity index (χ0) is 12.9. The summed E-state index contributed by atoms with van der Waals surface area (Å²) in [4.78, 5) is 0. The van der Waals surface area contributed by atoms with Gasteiger partial charge in [0.25, 0.3) is 0 Å². The normalized spacial score (nSPS) is 12.4. The zero-order valence-corrected chi connectivity index (χ0v) is 12.0. The van der Waals surface area contributed by atoms with Crippen molar-refractivity contribution in [3.05, 3.63) is 11.9 Å². The lowest BCUT2D eigenvalue weighted by atomic mass is 9.91. The molecule has 3 nitrogen and oxygen atoms in total. The molecule has 0 aromatic carbocycles. The predicted molar refractivity (Wildman–Crippen MR) is 71.9 cm³/mol. The first kappa shape index (κ1) is 14.2. The molecule has 98 valence electrons. The number of rotatable bonds is 6. The van der Waals surface area contributed by atoms with E-state index >= 15 is 0 Å². The Bertz CT molecular complexity index is 320. The SMILES string of the molecule is CC(C)CCCCn1nncc1CC(C)(C)C. The van der Waals surface area contributed by atoms with E-state index in [-0.39, 0.29) is 0 Å². The van der Waals surface area contributed by atoms with Crippen LogP contribution in [0, 0.1) is 11.3 Å². The van der Waals surface area contributed by atoms with Gasteiger partial charge in [0.2, 0.25) is 0 Å². The van der Waals surface area contributed by atoms with Crippen molar-refractivity contribution in [3.63, 3.8) is 0 Å². The lowest BCUT2D eigenvalue weighted by Crippen LogP contribution is -2.14. The van der Waals surface area contributed by atoms with Gasteiger partial charge in [-0.3, -0.25) is 0 Å². The molecule has 0 radical (unpaired) electrons. The van der Waals surface area contributed by atoms with Gasteiger partial charge in [-0.25, -0.2) is 4.68 Å². The minimum absolute atomic E-state index is 0.303. The summed E-state index contributed by atoms with van der Waals surface area (Å²) in [6.45, 7) is 12.3. The second kappa shape index (κ2) is 6.18. The van der Waals surface area contributed by atoms with Crippen LogP contribution in [0.5, 0.6) is 0 Å². The van der Waals surface area contributed by atoms with E-state index < -0.39 is 0 Å². The third-order valence-electron chi connectivity index (χ3n) is 2.81. The van der Waals surface area contributed by atoms with E-state index in [4.69, 9.17) is 0 Å². The maximum Gasteiger partial charge on any atom is 0.0725 e. The number of aryl methyl sites for hydroxylation is 1. The molecule has 17 heavy (non-hydrogen) atoms. The first-order valence-electron chi connectivity index (χ1n) is 6.76. The summed E-state index contributed by atoms with van der Waals surface area (Å²) in [5.74, 6) is 0.805. The van der Waals surface area contributed by atoms with E-state index in [0.29, 0.717) is 5.41 Å². The fourth-order valence-electron chi connectivity index (χ4n) is 1.96. The van der Waals surface area contributed by atoms with Crippen molar-refractivity contribution in [1.29, 1.82) is 0 Å². The highest BCUT2D eigenvalue weighted by atomic mass is 15.4. The summed E-state index contributed by atoms with van der Waals surface area (Å²) >= 11 is 0. The van der Waals surface area contributed by atoms with Crippen molar-refractivity contribution in [1.82, 2.24) is 15.0 Å². The average Bonchev–Trinajstić information content (AvgIpc) is 2.57. The quantitative estimate of drug-likeness (QED) is 0.706. The fourth-order valence-corrected chi connectivity index (χ4v) is 1.96. The molecule has 0 fully saturated rings. The summed E-state index contributed by atoms with van der Waals surface area (Å²) in [6, 6.07) is 0. The minimum Gasteiger partial charge on any atom is -0.249 e. The maximum absolute atomic E-state index is 4.18. The van der Waals surface area contributed by atoms with Crippen LogP contribution in [0.4, 0.5) is 0 Å². The molecule has 0 amide bonds. The second-order valence-corrected chi connectivity index (χ2v) is 6.58. The van der Waals surface area contributed by atoms with Crippen LogP contribution in [0.3, 0.4) is 0 Å². The maximum atomic E-state index is 4.18. The van der Waals surface area contributed by atoms with Crippen molar-refractivity contribution in [2.24, 2.45) is 11.3 Å². The van der Waals surface area contributed by atoms with Crippen LogP contribution in [0.25, 0.3) is 0 Å². The van der Waals surface area contributed by atoms with Crippen LogP contribution in [-0.2, 0) is 13.0 Å². The second-order valence-electron chi connectivity index (χ2n) is 6.58. The molecule has 0 N–H and O–H groups in total. The number of unbranched alkanes of at least 4 members (excludes halogenated alkanes) is 1. The third kappa shape index (κ3) is 5.85. The lowest BCUT2D eigenvalue weighted by molar-refractivity contribution is 0.387. The van der Waals surface area contributed by atoms with E-state index in [0.717, 1.165) is 18.9 Å². The molecule has 0 unspecified atom stereocenters. The van der Waals surface area contributed by atoms with Crippen LogP contribution >= 0.6 is 0 Å². The van der Waals surface area contributed by atoms with Crippen molar-refractivity contribution >= 4 is 0 Å². The van der Waals surface area contributed by atoms with E-state index in [1.54, 1.807) is 0 Å². The fraction of sp³-hybridized carbons (Fsp3) is 0.857. The molecule has 1 rings (SSSR count). The van der Waals surface area contributed by atoms with Crippen LogP contribution in [-0.4, -0.2) is 15.0 Å². The Morgan fingerprint density at radius 2 is 1.94 bits per heavy atom. The van der Waals surface area contributed by atoms with Gasteiger partial charge in [-0.1, -0.05) is 52.7 Å². The van der Waals surface area contributed by atoms with Crippen molar-refractivity contribution in [2.75, 3.05) is 0 Å². The molecular weight excluding hydrogens is 210 g/mol. The summed E-state index contributed by atoms with van der Waals surface area (Å²) in [5, 5.41) is 8.22. The Morgan fingerprint density at radius 3 is 2.53 bits per heavy atom. The highest BCUT2D eigenvalue weighted by molar-refractivity contribution is 4.97. The van der Waals surface area contributed by atoms with Gasteiger partial charge in [-0.2, -0.15) is 0 Å². The minimum atomic E-state index is 0.303. The summed E-state index contributed by atoms with van der Waals surface area (Å²) < 4.78 is 2.07. The molecule has 1 heterocycles. The highest BCUT2D eigenvalue weighted by Crippen LogP contribution is 2.20. The summed E-state index contributed by atoms with van der Waals surface area (Å²) in [6.07, 6.45) is 6.76. The Hall–Kier alpha value is -0.860.